The predicted octanol–water partition coefficient (Wildman–Crippen LogP) is 4.88. The highest BCUT2D eigenvalue weighted by molar-refractivity contribution is 6.30. The van der Waals surface area contributed by atoms with Crippen molar-refractivity contribution in [3.63, 3.8) is 0 Å². The van der Waals surface area contributed by atoms with E-state index < -0.39 is 0 Å². The van der Waals surface area contributed by atoms with Gasteiger partial charge < -0.3 is 5.32 Å². The van der Waals surface area contributed by atoms with Crippen molar-refractivity contribution < 1.29 is 4.79 Å². The second-order valence-electron chi connectivity index (χ2n) is 6.35. The van der Waals surface area contributed by atoms with Gasteiger partial charge in [-0.15, -0.1) is 0 Å². The summed E-state index contributed by atoms with van der Waals surface area (Å²) in [6.07, 6.45) is 4.38. The number of hydrogen-bond acceptors (Lipinski definition) is 2. The maximum atomic E-state index is 12.5. The van der Waals surface area contributed by atoms with Crippen LogP contribution in [-0.2, 0) is 6.42 Å². The fourth-order valence-electron chi connectivity index (χ4n) is 3.05. The van der Waals surface area contributed by atoms with Crippen LogP contribution in [0.2, 0.25) is 5.02 Å². The van der Waals surface area contributed by atoms with Crippen molar-refractivity contribution in [1.29, 1.82) is 0 Å². The number of amides is 1. The molecule has 0 aliphatic carbocycles. The highest BCUT2D eigenvalue weighted by Crippen LogP contribution is 2.25. The molecule has 0 bridgehead atoms. The van der Waals surface area contributed by atoms with Gasteiger partial charge in [-0.1, -0.05) is 41.9 Å². The van der Waals surface area contributed by atoms with Crippen LogP contribution >= 0.6 is 11.6 Å². The smallest absolute Gasteiger partial charge is 0.251 e. The van der Waals surface area contributed by atoms with Gasteiger partial charge in [0.25, 0.3) is 5.91 Å². The summed E-state index contributed by atoms with van der Waals surface area (Å²) in [5.74, 6) is 0.0695. The van der Waals surface area contributed by atoms with E-state index in [1.807, 2.05) is 73.7 Å². The Kier molecular flexibility index (Phi) is 6.03. The van der Waals surface area contributed by atoms with Crippen LogP contribution in [0.4, 0.5) is 0 Å². The monoisotopic (exact) mass is 364 g/mol. The van der Waals surface area contributed by atoms with Crippen molar-refractivity contribution in [2.24, 2.45) is 0 Å². The van der Waals surface area contributed by atoms with E-state index in [1.54, 1.807) is 12.4 Å². The number of nitrogens with zero attached hydrogens (tertiary/aromatic N) is 1. The van der Waals surface area contributed by atoms with Gasteiger partial charge in [-0.25, -0.2) is 0 Å². The number of hydrogen-bond donors (Lipinski definition) is 1. The molecule has 4 heteroatoms. The molecule has 26 heavy (non-hydrogen) atoms. The summed E-state index contributed by atoms with van der Waals surface area (Å²) in [4.78, 5) is 16.7. The molecule has 0 fully saturated rings. The third kappa shape index (κ3) is 4.70. The summed E-state index contributed by atoms with van der Waals surface area (Å²) in [5.41, 5.74) is 2.99. The van der Waals surface area contributed by atoms with Crippen molar-refractivity contribution >= 4 is 17.5 Å². The van der Waals surface area contributed by atoms with Gasteiger partial charge in [0, 0.05) is 34.9 Å². The molecule has 0 saturated carbocycles. The second-order valence-corrected chi connectivity index (χ2v) is 6.78. The molecule has 1 aromatic heterocycles. The fourth-order valence-corrected chi connectivity index (χ4v) is 3.17. The zero-order valence-corrected chi connectivity index (χ0v) is 15.4. The van der Waals surface area contributed by atoms with Gasteiger partial charge in [0.1, 0.15) is 0 Å². The third-order valence-corrected chi connectivity index (χ3v) is 4.75. The Labute approximate surface area is 159 Å². The minimum absolute atomic E-state index is 0.0409. The van der Waals surface area contributed by atoms with E-state index >= 15 is 0 Å². The highest BCUT2D eigenvalue weighted by Gasteiger charge is 2.22. The Bertz CT molecular complexity index is 835. The van der Waals surface area contributed by atoms with Crippen molar-refractivity contribution in [3.05, 3.63) is 101 Å². The SMILES string of the molecule is CC(NC(=O)c1ccccc1)C(Cc1ccc(Cl)cc1)c1ccncc1. The number of benzene rings is 2. The second kappa shape index (κ2) is 8.63. The molecule has 2 atom stereocenters. The number of halogens is 1. The molecule has 0 radical (unpaired) electrons. The number of carbonyl (C=O) groups is 1. The zero-order valence-electron chi connectivity index (χ0n) is 14.6. The maximum absolute atomic E-state index is 12.5. The van der Waals surface area contributed by atoms with Crippen molar-refractivity contribution in [2.45, 2.75) is 25.3 Å². The summed E-state index contributed by atoms with van der Waals surface area (Å²) in [7, 11) is 0. The molecule has 1 heterocycles. The number of rotatable bonds is 6. The Hall–Kier alpha value is -2.65. The average Bonchev–Trinajstić information content (AvgIpc) is 2.68. The molecule has 2 aromatic carbocycles. The average molecular weight is 365 g/mol. The van der Waals surface area contributed by atoms with Crippen LogP contribution < -0.4 is 5.32 Å². The van der Waals surface area contributed by atoms with Gasteiger partial charge in [-0.2, -0.15) is 0 Å². The van der Waals surface area contributed by atoms with Gasteiger partial charge in [-0.05, 0) is 60.9 Å². The van der Waals surface area contributed by atoms with Crippen LogP contribution in [0.3, 0.4) is 0 Å². The first-order valence-electron chi connectivity index (χ1n) is 8.64. The molecule has 0 aliphatic heterocycles. The lowest BCUT2D eigenvalue weighted by atomic mass is 9.87. The first-order chi connectivity index (χ1) is 12.6. The van der Waals surface area contributed by atoms with Crippen molar-refractivity contribution in [1.82, 2.24) is 10.3 Å². The van der Waals surface area contributed by atoms with E-state index in [9.17, 15) is 4.79 Å². The Morgan fingerprint density at radius 1 is 1.00 bits per heavy atom. The predicted molar refractivity (Wildman–Crippen MR) is 106 cm³/mol. The molecular weight excluding hydrogens is 344 g/mol. The summed E-state index contributed by atoms with van der Waals surface area (Å²) in [6, 6.07) is 21.1. The van der Waals surface area contributed by atoms with E-state index in [0.29, 0.717) is 5.56 Å². The maximum Gasteiger partial charge on any atom is 0.251 e. The molecule has 132 valence electrons. The number of carbonyl (C=O) groups excluding carboxylic acids is 1. The van der Waals surface area contributed by atoms with E-state index in [-0.39, 0.29) is 17.9 Å². The quantitative estimate of drug-likeness (QED) is 0.677. The lowest BCUT2D eigenvalue weighted by molar-refractivity contribution is 0.0934. The van der Waals surface area contributed by atoms with E-state index in [1.165, 1.54) is 5.56 Å². The third-order valence-electron chi connectivity index (χ3n) is 4.50. The Morgan fingerprint density at radius 2 is 1.65 bits per heavy atom. The molecule has 3 rings (SSSR count). The minimum Gasteiger partial charge on any atom is -0.349 e. The molecule has 0 saturated heterocycles. The fraction of sp³-hybridized carbons (Fsp3) is 0.182. The summed E-state index contributed by atoms with van der Waals surface area (Å²) in [5, 5.41) is 3.86. The number of nitrogens with one attached hydrogen (secondary N) is 1. The summed E-state index contributed by atoms with van der Waals surface area (Å²) < 4.78 is 0. The first-order valence-corrected chi connectivity index (χ1v) is 9.01. The van der Waals surface area contributed by atoms with E-state index in [0.717, 1.165) is 17.0 Å². The van der Waals surface area contributed by atoms with Crippen molar-refractivity contribution in [2.75, 3.05) is 0 Å². The van der Waals surface area contributed by atoms with Gasteiger partial charge in [0.15, 0.2) is 0 Å². The molecule has 1 amide bonds. The highest BCUT2D eigenvalue weighted by atomic mass is 35.5. The van der Waals surface area contributed by atoms with E-state index in [4.69, 9.17) is 11.6 Å². The van der Waals surface area contributed by atoms with Gasteiger partial charge in [0.05, 0.1) is 0 Å². The largest absolute Gasteiger partial charge is 0.349 e. The Balaban J connectivity index is 1.80. The summed E-state index contributed by atoms with van der Waals surface area (Å²) >= 11 is 6.00. The van der Waals surface area contributed by atoms with Crippen LogP contribution in [0.5, 0.6) is 0 Å². The topological polar surface area (TPSA) is 42.0 Å². The lowest BCUT2D eigenvalue weighted by Crippen LogP contribution is -2.37. The van der Waals surface area contributed by atoms with Gasteiger partial charge in [0.2, 0.25) is 0 Å². The van der Waals surface area contributed by atoms with Crippen LogP contribution in [0, 0.1) is 0 Å². The molecule has 0 aliphatic rings. The zero-order chi connectivity index (χ0) is 18.4. The normalized spacial score (nSPS) is 13.0. The molecular formula is C22H21ClN2O. The number of pyridine rings is 1. The standard InChI is InChI=1S/C22H21ClN2O/c1-16(25-22(26)19-5-3-2-4-6-19)21(18-11-13-24-14-12-18)15-17-7-9-20(23)10-8-17/h2-14,16,21H,15H2,1H3,(H,25,26). The Morgan fingerprint density at radius 3 is 2.31 bits per heavy atom. The molecule has 3 aromatic rings. The minimum atomic E-state index is -0.0618. The lowest BCUT2D eigenvalue weighted by Gasteiger charge is -2.26. The summed E-state index contributed by atoms with van der Waals surface area (Å²) in [6.45, 7) is 2.04. The molecule has 3 nitrogen and oxygen atoms in total. The molecule has 1 N–H and O–H groups in total. The van der Waals surface area contributed by atoms with Gasteiger partial charge >= 0.3 is 0 Å². The van der Waals surface area contributed by atoms with Crippen LogP contribution in [-0.4, -0.2) is 16.9 Å². The number of aromatic nitrogens is 1. The molecule has 0 spiro atoms. The van der Waals surface area contributed by atoms with Crippen molar-refractivity contribution in [3.8, 4) is 0 Å². The van der Waals surface area contributed by atoms with Crippen LogP contribution in [0.25, 0.3) is 0 Å². The first kappa shape index (κ1) is 18.2. The van der Waals surface area contributed by atoms with Gasteiger partial charge in [-0.3, -0.25) is 9.78 Å². The van der Waals surface area contributed by atoms with Crippen LogP contribution in [0.1, 0.15) is 34.3 Å². The molecule has 2 unspecified atom stereocenters. The van der Waals surface area contributed by atoms with Crippen LogP contribution in [0.15, 0.2) is 79.1 Å². The van der Waals surface area contributed by atoms with E-state index in [2.05, 4.69) is 10.3 Å².